The van der Waals surface area contributed by atoms with Crippen LogP contribution in [-0.2, 0) is 11.3 Å². The van der Waals surface area contributed by atoms with Crippen molar-refractivity contribution in [3.05, 3.63) is 35.2 Å². The number of nitrogens with zero attached hydrogens (tertiary/aromatic N) is 3. The minimum atomic E-state index is 0. The standard InChI is InChI=1S/C14H18ClN5O2.HI/c1-16-14(17-6-7-21-2)18-9-12-19-13(20-22-12)10-4-3-5-11(15)8-10;/h3-5,8H,6-7,9H2,1-2H3,(H2,16,17,18);1H. The zero-order valence-electron chi connectivity index (χ0n) is 12.9. The Labute approximate surface area is 156 Å². The first-order chi connectivity index (χ1) is 10.7. The number of benzene rings is 1. The van der Waals surface area contributed by atoms with Gasteiger partial charge in [-0.05, 0) is 12.1 Å². The van der Waals surface area contributed by atoms with Gasteiger partial charge in [0.2, 0.25) is 11.7 Å². The van der Waals surface area contributed by atoms with Crippen molar-refractivity contribution >= 4 is 41.5 Å². The van der Waals surface area contributed by atoms with E-state index in [1.807, 2.05) is 12.1 Å². The van der Waals surface area contributed by atoms with Gasteiger partial charge in [0, 0.05) is 31.3 Å². The maximum atomic E-state index is 5.95. The van der Waals surface area contributed by atoms with Crippen LogP contribution >= 0.6 is 35.6 Å². The third kappa shape index (κ3) is 6.32. The predicted molar refractivity (Wildman–Crippen MR) is 100 cm³/mol. The molecule has 0 aliphatic heterocycles. The lowest BCUT2D eigenvalue weighted by Crippen LogP contribution is -2.38. The number of ether oxygens (including phenoxy) is 1. The fourth-order valence-corrected chi connectivity index (χ4v) is 1.91. The van der Waals surface area contributed by atoms with E-state index in [9.17, 15) is 0 Å². The molecular weight excluding hydrogens is 433 g/mol. The second kappa shape index (κ2) is 10.4. The van der Waals surface area contributed by atoms with Gasteiger partial charge in [0.25, 0.3) is 0 Å². The highest BCUT2D eigenvalue weighted by Crippen LogP contribution is 2.19. The van der Waals surface area contributed by atoms with E-state index in [1.54, 1.807) is 26.3 Å². The van der Waals surface area contributed by atoms with Crippen LogP contribution < -0.4 is 10.6 Å². The number of hydrogen-bond acceptors (Lipinski definition) is 5. The predicted octanol–water partition coefficient (Wildman–Crippen LogP) is 2.32. The molecule has 126 valence electrons. The Balaban J connectivity index is 0.00000264. The maximum Gasteiger partial charge on any atom is 0.246 e. The van der Waals surface area contributed by atoms with Gasteiger partial charge in [-0.3, -0.25) is 4.99 Å². The number of methoxy groups -OCH3 is 1. The number of nitrogens with one attached hydrogen (secondary N) is 2. The van der Waals surface area contributed by atoms with Crippen molar-refractivity contribution in [1.82, 2.24) is 20.8 Å². The Bertz CT molecular complexity index is 635. The molecule has 0 aliphatic carbocycles. The average molecular weight is 452 g/mol. The summed E-state index contributed by atoms with van der Waals surface area (Å²) >= 11 is 5.95. The van der Waals surface area contributed by atoms with Crippen LogP contribution in [0.2, 0.25) is 5.02 Å². The normalized spacial score (nSPS) is 11.0. The first kappa shape index (κ1) is 19.7. The lowest BCUT2D eigenvalue weighted by Gasteiger charge is -2.09. The van der Waals surface area contributed by atoms with Crippen LogP contribution in [0.3, 0.4) is 0 Å². The Morgan fingerprint density at radius 2 is 2.22 bits per heavy atom. The number of guanidine groups is 1. The molecule has 0 bridgehead atoms. The van der Waals surface area contributed by atoms with Crippen molar-refractivity contribution in [3.63, 3.8) is 0 Å². The first-order valence-corrected chi connectivity index (χ1v) is 7.12. The molecule has 0 amide bonds. The minimum absolute atomic E-state index is 0. The number of rotatable bonds is 6. The molecule has 1 heterocycles. The summed E-state index contributed by atoms with van der Waals surface area (Å²) in [6, 6.07) is 7.30. The quantitative estimate of drug-likeness (QED) is 0.303. The van der Waals surface area contributed by atoms with E-state index in [0.717, 1.165) is 5.56 Å². The SMILES string of the molecule is CN=C(NCCOC)NCc1nc(-c2cccc(Cl)c2)no1.I. The van der Waals surface area contributed by atoms with Crippen molar-refractivity contribution in [2.45, 2.75) is 6.54 Å². The van der Waals surface area contributed by atoms with E-state index in [1.165, 1.54) is 0 Å². The lowest BCUT2D eigenvalue weighted by atomic mass is 10.2. The molecule has 2 N–H and O–H groups in total. The first-order valence-electron chi connectivity index (χ1n) is 6.75. The monoisotopic (exact) mass is 451 g/mol. The Kier molecular flexibility index (Phi) is 8.89. The minimum Gasteiger partial charge on any atom is -0.383 e. The van der Waals surface area contributed by atoms with Gasteiger partial charge in [-0.1, -0.05) is 28.9 Å². The summed E-state index contributed by atoms with van der Waals surface area (Å²) in [6.07, 6.45) is 0. The van der Waals surface area contributed by atoms with Crippen molar-refractivity contribution in [2.24, 2.45) is 4.99 Å². The molecule has 0 atom stereocenters. The molecule has 1 aromatic carbocycles. The molecule has 7 nitrogen and oxygen atoms in total. The van der Waals surface area contributed by atoms with Crippen molar-refractivity contribution in [3.8, 4) is 11.4 Å². The number of halogens is 2. The molecular formula is C14H19ClIN5O2. The lowest BCUT2D eigenvalue weighted by molar-refractivity contribution is 0.203. The average Bonchev–Trinajstić information content (AvgIpc) is 3.00. The second-order valence-electron chi connectivity index (χ2n) is 4.37. The van der Waals surface area contributed by atoms with Gasteiger partial charge in [0.1, 0.15) is 0 Å². The highest BCUT2D eigenvalue weighted by Gasteiger charge is 2.09. The molecule has 0 spiro atoms. The van der Waals surface area contributed by atoms with E-state index in [0.29, 0.717) is 42.4 Å². The third-order valence-electron chi connectivity index (χ3n) is 2.78. The van der Waals surface area contributed by atoms with Gasteiger partial charge in [-0.2, -0.15) is 4.98 Å². The van der Waals surface area contributed by atoms with Gasteiger partial charge in [-0.25, -0.2) is 0 Å². The summed E-state index contributed by atoms with van der Waals surface area (Å²) in [7, 11) is 3.33. The van der Waals surface area contributed by atoms with Crippen LogP contribution in [0.1, 0.15) is 5.89 Å². The molecule has 0 fully saturated rings. The largest absolute Gasteiger partial charge is 0.383 e. The molecule has 9 heteroatoms. The topological polar surface area (TPSA) is 84.6 Å². The smallest absolute Gasteiger partial charge is 0.246 e. The van der Waals surface area contributed by atoms with Crippen LogP contribution in [0.15, 0.2) is 33.8 Å². The van der Waals surface area contributed by atoms with Crippen molar-refractivity contribution in [1.29, 1.82) is 0 Å². The summed E-state index contributed by atoms with van der Waals surface area (Å²) in [5, 5.41) is 10.7. The van der Waals surface area contributed by atoms with Crippen LogP contribution in [0.25, 0.3) is 11.4 Å². The summed E-state index contributed by atoms with van der Waals surface area (Å²) in [5.41, 5.74) is 0.810. The zero-order valence-corrected chi connectivity index (χ0v) is 16.0. The molecule has 0 saturated carbocycles. The summed E-state index contributed by atoms with van der Waals surface area (Å²) in [4.78, 5) is 8.40. The highest BCUT2D eigenvalue weighted by atomic mass is 127. The summed E-state index contributed by atoms with van der Waals surface area (Å²) in [6.45, 7) is 1.63. The van der Waals surface area contributed by atoms with Gasteiger partial charge in [-0.15, -0.1) is 24.0 Å². The van der Waals surface area contributed by atoms with Gasteiger partial charge < -0.3 is 19.9 Å². The number of hydrogen-bond donors (Lipinski definition) is 2. The fraction of sp³-hybridized carbons (Fsp3) is 0.357. The molecule has 23 heavy (non-hydrogen) atoms. The molecule has 1 aromatic heterocycles. The van der Waals surface area contributed by atoms with E-state index < -0.39 is 0 Å². The summed E-state index contributed by atoms with van der Waals surface area (Å²) < 4.78 is 10.2. The van der Waals surface area contributed by atoms with E-state index in [2.05, 4.69) is 25.8 Å². The molecule has 0 aliphatic rings. The Hall–Kier alpha value is -1.39. The molecule has 0 saturated heterocycles. The third-order valence-corrected chi connectivity index (χ3v) is 3.02. The van der Waals surface area contributed by atoms with Crippen molar-refractivity contribution in [2.75, 3.05) is 27.3 Å². The Morgan fingerprint density at radius 3 is 2.91 bits per heavy atom. The van der Waals surface area contributed by atoms with Gasteiger partial charge in [0.05, 0.1) is 13.2 Å². The van der Waals surface area contributed by atoms with Crippen LogP contribution in [0.5, 0.6) is 0 Å². The van der Waals surface area contributed by atoms with Crippen LogP contribution in [-0.4, -0.2) is 43.4 Å². The number of aliphatic imine (C=N–C) groups is 1. The van der Waals surface area contributed by atoms with Crippen molar-refractivity contribution < 1.29 is 9.26 Å². The molecule has 2 aromatic rings. The highest BCUT2D eigenvalue weighted by molar-refractivity contribution is 14.0. The van der Waals surface area contributed by atoms with E-state index in [-0.39, 0.29) is 24.0 Å². The van der Waals surface area contributed by atoms with E-state index >= 15 is 0 Å². The fourth-order valence-electron chi connectivity index (χ4n) is 1.72. The van der Waals surface area contributed by atoms with Gasteiger partial charge in [0.15, 0.2) is 5.96 Å². The Morgan fingerprint density at radius 1 is 1.39 bits per heavy atom. The molecule has 0 radical (unpaired) electrons. The zero-order chi connectivity index (χ0) is 15.8. The summed E-state index contributed by atoms with van der Waals surface area (Å²) in [5.74, 6) is 1.60. The van der Waals surface area contributed by atoms with Crippen LogP contribution in [0, 0.1) is 0 Å². The van der Waals surface area contributed by atoms with Gasteiger partial charge >= 0.3 is 0 Å². The second-order valence-corrected chi connectivity index (χ2v) is 4.80. The molecule has 2 rings (SSSR count). The van der Waals surface area contributed by atoms with E-state index in [4.69, 9.17) is 20.9 Å². The van der Waals surface area contributed by atoms with Crippen LogP contribution in [0.4, 0.5) is 0 Å². The number of aromatic nitrogens is 2. The molecule has 0 unspecified atom stereocenters. The maximum absolute atomic E-state index is 5.95.